The minimum absolute atomic E-state index is 0.850. The second-order valence-corrected chi connectivity index (χ2v) is 20.6. The molecule has 16 rings (SSSR count). The molecule has 0 amide bonds. The molecule has 0 aliphatic heterocycles. The molecule has 7 heteroatoms. The van der Waals surface area contributed by atoms with E-state index in [-0.39, 0.29) is 0 Å². The minimum atomic E-state index is 0.850. The van der Waals surface area contributed by atoms with E-state index in [1.54, 1.807) is 11.3 Å². The van der Waals surface area contributed by atoms with E-state index >= 15 is 0 Å². The van der Waals surface area contributed by atoms with Crippen LogP contribution in [0.25, 0.3) is 114 Å². The molecule has 0 fully saturated rings. The van der Waals surface area contributed by atoms with Crippen molar-refractivity contribution in [2.24, 2.45) is 0 Å². The second-order valence-electron chi connectivity index (χ2n) is 19.5. The van der Waals surface area contributed by atoms with Gasteiger partial charge in [0.2, 0.25) is 0 Å². The van der Waals surface area contributed by atoms with Crippen molar-refractivity contribution in [1.82, 2.24) is 9.55 Å². The van der Waals surface area contributed by atoms with Crippen LogP contribution in [0.4, 0.5) is 34.1 Å². The second kappa shape index (κ2) is 16.8. The molecule has 0 atom stereocenters. The van der Waals surface area contributed by atoms with Crippen molar-refractivity contribution < 1.29 is 8.83 Å². The maximum atomic E-state index is 6.52. The number of aromatic nitrogens is 2. The molecule has 16 aromatic rings. The molecule has 76 heavy (non-hydrogen) atoms. The molecule has 0 unspecified atom stereocenters. The van der Waals surface area contributed by atoms with Gasteiger partial charge < -0.3 is 23.2 Å². The van der Waals surface area contributed by atoms with E-state index in [2.05, 4.69) is 239 Å². The zero-order valence-electron chi connectivity index (χ0n) is 40.8. The largest absolute Gasteiger partial charge is 0.456 e. The Balaban J connectivity index is 0.826. The summed E-state index contributed by atoms with van der Waals surface area (Å²) in [5, 5.41) is 12.5. The molecular weight excluding hydrogens is 949 g/mol. The fourth-order valence-corrected chi connectivity index (χ4v) is 12.6. The molecule has 0 radical (unpaired) electrons. The van der Waals surface area contributed by atoms with Crippen LogP contribution in [0.3, 0.4) is 0 Å². The Morgan fingerprint density at radius 1 is 0.329 bits per heavy atom. The lowest BCUT2D eigenvalue weighted by Gasteiger charge is -2.27. The number of nitrogens with zero attached hydrogens (tertiary/aromatic N) is 4. The number of hydrogen-bond acceptors (Lipinski definition) is 6. The molecule has 0 spiro atoms. The molecular formula is C69H42N4O2S. The molecule has 4 heterocycles. The van der Waals surface area contributed by atoms with Gasteiger partial charge in [0.05, 0.1) is 21.3 Å². The monoisotopic (exact) mass is 990 g/mol. The zero-order valence-corrected chi connectivity index (χ0v) is 41.6. The highest BCUT2D eigenvalue weighted by Crippen LogP contribution is 2.45. The predicted octanol–water partition coefficient (Wildman–Crippen LogP) is 20.1. The molecule has 0 saturated carbocycles. The summed E-state index contributed by atoms with van der Waals surface area (Å²) in [7, 11) is 0. The first-order valence-electron chi connectivity index (χ1n) is 25.6. The van der Waals surface area contributed by atoms with E-state index in [1.807, 2.05) is 30.3 Å². The minimum Gasteiger partial charge on any atom is -0.456 e. The van der Waals surface area contributed by atoms with Crippen molar-refractivity contribution in [3.05, 3.63) is 255 Å². The van der Waals surface area contributed by atoms with Crippen LogP contribution < -0.4 is 9.80 Å². The number of hydrogen-bond donors (Lipinski definition) is 0. The molecule has 0 saturated heterocycles. The smallest absolute Gasteiger partial charge is 0.137 e. The third kappa shape index (κ3) is 6.76. The normalized spacial score (nSPS) is 11.9. The first kappa shape index (κ1) is 42.5. The Kier molecular flexibility index (Phi) is 9.40. The Hall–Kier alpha value is -9.95. The number of rotatable bonds is 8. The van der Waals surface area contributed by atoms with E-state index in [0.29, 0.717) is 0 Å². The van der Waals surface area contributed by atoms with Gasteiger partial charge in [0.1, 0.15) is 27.3 Å². The Morgan fingerprint density at radius 2 is 0.803 bits per heavy atom. The van der Waals surface area contributed by atoms with E-state index < -0.39 is 0 Å². The SMILES string of the molecule is c1ccc(-n2c3ccccc3c3cc(N(c4ccc5c(ccc6cc(N(c7ccc(-c8nc9ccccc9s8)cc7)c7ccc8c(c7)oc7ccccc78)ccc65)c4)c4ccc5c(c4)oc4ccccc45)ccc32)cc1. The lowest BCUT2D eigenvalue weighted by atomic mass is 9.99. The van der Waals surface area contributed by atoms with Crippen molar-refractivity contribution in [3.63, 3.8) is 0 Å². The van der Waals surface area contributed by atoms with Crippen LogP contribution in [-0.4, -0.2) is 9.55 Å². The van der Waals surface area contributed by atoms with E-state index in [4.69, 9.17) is 13.8 Å². The number of anilines is 6. The molecule has 6 nitrogen and oxygen atoms in total. The van der Waals surface area contributed by atoms with Crippen LogP contribution in [0.5, 0.6) is 0 Å². The average molecular weight is 991 g/mol. The third-order valence-corrected chi connectivity index (χ3v) is 16.2. The standard InChI is InChI=1S/C69H42N4O2S/c1-2-12-46(13-3-1)73-62-18-8-4-14-55(62)60-40-50(32-37-63(60)73)72(52-31-36-59-57-16-6-10-20-65(57)75-67(59)42-52)49-29-34-54-45(39-49)23-22-44-38-48(28-33-53(44)54)71(51-30-35-58-56-15-5-9-19-64(56)74-66(58)41-51)47-26-24-43(25-27-47)69-70-61-17-7-11-21-68(61)76-69/h1-42H. The fourth-order valence-electron chi connectivity index (χ4n) is 11.6. The molecule has 0 N–H and O–H groups in total. The fraction of sp³-hybridized carbons (Fsp3) is 0. The summed E-state index contributed by atoms with van der Waals surface area (Å²) in [6.45, 7) is 0. The summed E-state index contributed by atoms with van der Waals surface area (Å²) in [6, 6.07) is 91.2. The summed E-state index contributed by atoms with van der Waals surface area (Å²) in [6.07, 6.45) is 0. The number of benzene rings is 12. The summed E-state index contributed by atoms with van der Waals surface area (Å²) >= 11 is 1.72. The quantitative estimate of drug-likeness (QED) is 0.142. The summed E-state index contributed by atoms with van der Waals surface area (Å²) in [5.74, 6) is 0. The zero-order chi connectivity index (χ0) is 49.8. The van der Waals surface area contributed by atoms with Crippen LogP contribution in [0, 0.1) is 0 Å². The maximum Gasteiger partial charge on any atom is 0.137 e. The lowest BCUT2D eigenvalue weighted by Crippen LogP contribution is -2.10. The van der Waals surface area contributed by atoms with Crippen LogP contribution in [0.1, 0.15) is 0 Å². The summed E-state index contributed by atoms with van der Waals surface area (Å²) in [4.78, 5) is 9.66. The van der Waals surface area contributed by atoms with Gasteiger partial charge in [-0.2, -0.15) is 0 Å². The predicted molar refractivity (Wildman–Crippen MR) is 318 cm³/mol. The van der Waals surface area contributed by atoms with Crippen molar-refractivity contribution in [3.8, 4) is 16.3 Å². The summed E-state index contributed by atoms with van der Waals surface area (Å²) < 4.78 is 16.5. The van der Waals surface area contributed by atoms with Gasteiger partial charge in [0.15, 0.2) is 0 Å². The van der Waals surface area contributed by atoms with Crippen molar-refractivity contribution in [2.45, 2.75) is 0 Å². The third-order valence-electron chi connectivity index (χ3n) is 15.2. The van der Waals surface area contributed by atoms with Crippen LogP contribution in [0.2, 0.25) is 0 Å². The summed E-state index contributed by atoms with van der Waals surface area (Å²) in [5.41, 5.74) is 15.2. The molecule has 356 valence electrons. The van der Waals surface area contributed by atoms with Gasteiger partial charge in [-0.3, -0.25) is 0 Å². The van der Waals surface area contributed by atoms with E-state index in [9.17, 15) is 0 Å². The van der Waals surface area contributed by atoms with Gasteiger partial charge in [-0.1, -0.05) is 109 Å². The number of thiazole rings is 1. The highest BCUT2D eigenvalue weighted by atomic mass is 32.1. The molecule has 12 aromatic carbocycles. The van der Waals surface area contributed by atoms with E-state index in [0.717, 1.165) is 116 Å². The van der Waals surface area contributed by atoms with Crippen molar-refractivity contribution >= 4 is 143 Å². The molecule has 0 bridgehead atoms. The highest BCUT2D eigenvalue weighted by molar-refractivity contribution is 7.21. The average Bonchev–Trinajstić information content (AvgIpc) is 4.28. The number of para-hydroxylation sites is 5. The number of fused-ring (bicyclic) bond motifs is 13. The van der Waals surface area contributed by atoms with Crippen LogP contribution >= 0.6 is 11.3 Å². The number of furan rings is 2. The van der Waals surface area contributed by atoms with Gasteiger partial charge in [0.25, 0.3) is 0 Å². The maximum absolute atomic E-state index is 6.52. The molecule has 0 aliphatic rings. The van der Waals surface area contributed by atoms with Gasteiger partial charge in [-0.25, -0.2) is 4.98 Å². The highest BCUT2D eigenvalue weighted by Gasteiger charge is 2.21. The molecule has 4 aromatic heterocycles. The van der Waals surface area contributed by atoms with Crippen LogP contribution in [0.15, 0.2) is 264 Å². The van der Waals surface area contributed by atoms with Crippen molar-refractivity contribution in [2.75, 3.05) is 9.80 Å². The topological polar surface area (TPSA) is 50.6 Å². The Bertz CT molecular complexity index is 4940. The van der Waals surface area contributed by atoms with Gasteiger partial charge in [-0.05, 0) is 155 Å². The Labute approximate surface area is 439 Å². The first-order chi connectivity index (χ1) is 37.6. The lowest BCUT2D eigenvalue weighted by molar-refractivity contribution is 0.668. The van der Waals surface area contributed by atoms with Crippen LogP contribution in [-0.2, 0) is 0 Å². The van der Waals surface area contributed by atoms with Gasteiger partial charge in [0, 0.05) is 89.8 Å². The Morgan fingerprint density at radius 3 is 1.45 bits per heavy atom. The first-order valence-corrected chi connectivity index (χ1v) is 26.4. The van der Waals surface area contributed by atoms with E-state index in [1.165, 1.54) is 31.8 Å². The van der Waals surface area contributed by atoms with Gasteiger partial charge >= 0.3 is 0 Å². The van der Waals surface area contributed by atoms with Crippen molar-refractivity contribution in [1.29, 1.82) is 0 Å². The van der Waals surface area contributed by atoms with Gasteiger partial charge in [-0.15, -0.1) is 11.3 Å². The molecule has 0 aliphatic carbocycles.